The normalized spacial score (nSPS) is 15.4. The van der Waals surface area contributed by atoms with Crippen molar-refractivity contribution < 1.29 is 14.3 Å². The molecule has 1 aliphatic heterocycles. The molecule has 0 radical (unpaired) electrons. The molecule has 0 aliphatic carbocycles. The highest BCUT2D eigenvalue weighted by Crippen LogP contribution is 2.35. The van der Waals surface area contributed by atoms with Crippen molar-refractivity contribution in [2.75, 3.05) is 7.11 Å². The lowest BCUT2D eigenvalue weighted by Crippen LogP contribution is -2.18. The quantitative estimate of drug-likeness (QED) is 0.774. The molecule has 0 atom stereocenters. The van der Waals surface area contributed by atoms with Crippen LogP contribution in [0.1, 0.15) is 11.1 Å². The van der Waals surface area contributed by atoms with E-state index in [1.807, 2.05) is 30.3 Å². The Hall–Kier alpha value is -2.44. The predicted molar refractivity (Wildman–Crippen MR) is 100 cm³/mol. The zero-order valence-corrected chi connectivity index (χ0v) is 14.9. The number of hydrogen-bond donors (Lipinski definition) is 2. The van der Waals surface area contributed by atoms with E-state index in [2.05, 4.69) is 5.32 Å². The van der Waals surface area contributed by atoms with Crippen LogP contribution in [0.5, 0.6) is 11.5 Å². The lowest BCUT2D eigenvalue weighted by atomic mass is 10.1. The van der Waals surface area contributed by atoms with E-state index in [9.17, 15) is 4.79 Å². The zero-order valence-electron chi connectivity index (χ0n) is 13.3. The summed E-state index contributed by atoms with van der Waals surface area (Å²) in [6, 6.07) is 12.8. The van der Waals surface area contributed by atoms with Gasteiger partial charge < -0.3 is 14.8 Å². The maximum Gasteiger partial charge on any atom is 0.264 e. The summed E-state index contributed by atoms with van der Waals surface area (Å²) in [5, 5.41) is 10.7. The molecule has 0 unspecified atom stereocenters. The number of amides is 1. The summed E-state index contributed by atoms with van der Waals surface area (Å²) in [4.78, 5) is 12.3. The number of methoxy groups -OCH3 is 1. The highest BCUT2D eigenvalue weighted by molar-refractivity contribution is 8.18. The van der Waals surface area contributed by atoms with E-state index in [4.69, 9.17) is 26.5 Å². The van der Waals surface area contributed by atoms with E-state index < -0.39 is 0 Å². The van der Waals surface area contributed by atoms with Gasteiger partial charge in [-0.25, -0.2) is 0 Å². The van der Waals surface area contributed by atoms with Gasteiger partial charge in [-0.2, -0.15) is 0 Å². The first-order valence-electron chi connectivity index (χ1n) is 7.40. The summed E-state index contributed by atoms with van der Waals surface area (Å²) >= 11 is 7.08. The van der Waals surface area contributed by atoms with Gasteiger partial charge in [0.15, 0.2) is 16.7 Å². The van der Waals surface area contributed by atoms with Crippen molar-refractivity contribution in [1.82, 2.24) is 5.32 Å². The molecule has 1 aliphatic rings. The summed E-state index contributed by atoms with van der Waals surface area (Å²) in [6.07, 6.45) is 1.69. The van der Waals surface area contributed by atoms with Crippen molar-refractivity contribution in [2.45, 2.75) is 6.61 Å². The number of carbonyl (C=O) groups excluding carboxylic acids is 1. The van der Waals surface area contributed by atoms with Crippen molar-refractivity contribution in [3.8, 4) is 11.5 Å². The van der Waals surface area contributed by atoms with E-state index in [-0.39, 0.29) is 11.1 Å². The van der Waals surface area contributed by atoms with Crippen LogP contribution in [0.3, 0.4) is 0 Å². The van der Waals surface area contributed by atoms with Gasteiger partial charge in [-0.1, -0.05) is 35.9 Å². The molecule has 0 spiro atoms. The number of nitrogens with one attached hydrogen (secondary N) is 2. The lowest BCUT2D eigenvalue weighted by Gasteiger charge is -2.14. The van der Waals surface area contributed by atoms with Crippen LogP contribution in [0.4, 0.5) is 0 Å². The fraction of sp³-hybridized carbons (Fsp3) is 0.111. The number of halogens is 1. The minimum absolute atomic E-state index is 0.112. The highest BCUT2D eigenvalue weighted by atomic mass is 35.5. The molecule has 5 nitrogen and oxygen atoms in total. The van der Waals surface area contributed by atoms with Gasteiger partial charge >= 0.3 is 0 Å². The monoisotopic (exact) mass is 374 g/mol. The van der Waals surface area contributed by atoms with Gasteiger partial charge in [0.2, 0.25) is 0 Å². The molecule has 0 saturated carbocycles. The second-order valence-corrected chi connectivity index (χ2v) is 6.68. The van der Waals surface area contributed by atoms with Crippen LogP contribution < -0.4 is 14.8 Å². The van der Waals surface area contributed by atoms with Gasteiger partial charge in [-0.15, -0.1) is 0 Å². The number of hydrogen-bond acceptors (Lipinski definition) is 5. The van der Waals surface area contributed by atoms with Crippen LogP contribution >= 0.6 is 23.4 Å². The molecule has 1 fully saturated rings. The van der Waals surface area contributed by atoms with E-state index >= 15 is 0 Å². The Kier molecular flexibility index (Phi) is 5.31. The first-order valence-corrected chi connectivity index (χ1v) is 8.60. The Morgan fingerprint density at radius 3 is 2.76 bits per heavy atom. The average molecular weight is 375 g/mol. The molecule has 1 amide bonds. The van der Waals surface area contributed by atoms with Crippen LogP contribution in [-0.4, -0.2) is 18.2 Å². The topological polar surface area (TPSA) is 71.4 Å². The number of carbonyl (C=O) groups is 1. The van der Waals surface area contributed by atoms with Crippen LogP contribution in [0.2, 0.25) is 5.02 Å². The lowest BCUT2D eigenvalue weighted by molar-refractivity contribution is -0.115. The van der Waals surface area contributed by atoms with Crippen molar-refractivity contribution in [1.29, 1.82) is 5.41 Å². The maximum absolute atomic E-state index is 11.8. The van der Waals surface area contributed by atoms with Gasteiger partial charge in [0.05, 0.1) is 12.0 Å². The summed E-state index contributed by atoms with van der Waals surface area (Å²) in [6.45, 7) is 0.312. The van der Waals surface area contributed by atoms with Crippen LogP contribution in [0.15, 0.2) is 47.4 Å². The summed E-state index contributed by atoms with van der Waals surface area (Å²) in [5.74, 6) is 0.803. The number of ether oxygens (including phenoxy) is 2. The molecule has 0 aromatic heterocycles. The van der Waals surface area contributed by atoms with E-state index in [0.29, 0.717) is 33.6 Å². The minimum Gasteiger partial charge on any atom is -0.493 e. The van der Waals surface area contributed by atoms with Crippen LogP contribution in [0, 0.1) is 5.41 Å². The zero-order chi connectivity index (χ0) is 17.8. The number of benzene rings is 2. The van der Waals surface area contributed by atoms with Gasteiger partial charge in [-0.05, 0) is 41.6 Å². The summed E-state index contributed by atoms with van der Waals surface area (Å²) in [7, 11) is 1.56. The second kappa shape index (κ2) is 7.63. The second-order valence-electron chi connectivity index (χ2n) is 5.19. The third-order valence-corrected chi connectivity index (χ3v) is 4.52. The molecule has 1 saturated heterocycles. The Morgan fingerprint density at radius 2 is 2.08 bits per heavy atom. The van der Waals surface area contributed by atoms with Crippen molar-refractivity contribution in [3.05, 3.63) is 63.5 Å². The number of rotatable bonds is 5. The molecule has 1 heterocycles. The van der Waals surface area contributed by atoms with Gasteiger partial charge in [-0.3, -0.25) is 10.2 Å². The van der Waals surface area contributed by atoms with Crippen molar-refractivity contribution in [2.24, 2.45) is 0 Å². The molecule has 0 bridgehead atoms. The SMILES string of the molecule is COc1cccc(C=C2SC(=N)NC2=O)c1OCc1cccc(Cl)c1. The van der Waals surface area contributed by atoms with Gasteiger partial charge in [0.25, 0.3) is 5.91 Å². The maximum atomic E-state index is 11.8. The molecule has 7 heteroatoms. The molecular weight excluding hydrogens is 360 g/mol. The third kappa shape index (κ3) is 4.15. The standard InChI is InChI=1S/C18H15ClN2O3S/c1-23-14-7-3-5-12(9-15-17(22)21-18(20)25-15)16(14)24-10-11-4-2-6-13(19)8-11/h2-9H,10H2,1H3,(H2,20,21,22). The molecule has 3 rings (SSSR count). The Balaban J connectivity index is 1.90. The fourth-order valence-electron chi connectivity index (χ4n) is 2.33. The first kappa shape index (κ1) is 17.4. The van der Waals surface area contributed by atoms with Crippen LogP contribution in [0.25, 0.3) is 6.08 Å². The van der Waals surface area contributed by atoms with E-state index in [0.717, 1.165) is 17.3 Å². The van der Waals surface area contributed by atoms with Gasteiger partial charge in [0, 0.05) is 10.6 Å². The highest BCUT2D eigenvalue weighted by Gasteiger charge is 2.23. The largest absolute Gasteiger partial charge is 0.493 e. The Labute approximate surface area is 154 Å². The molecule has 128 valence electrons. The van der Waals surface area contributed by atoms with E-state index in [1.165, 1.54) is 0 Å². The van der Waals surface area contributed by atoms with Crippen molar-refractivity contribution in [3.63, 3.8) is 0 Å². The number of amidine groups is 1. The summed E-state index contributed by atoms with van der Waals surface area (Å²) in [5.41, 5.74) is 1.63. The first-order chi connectivity index (χ1) is 12.1. The minimum atomic E-state index is -0.293. The number of para-hydroxylation sites is 1. The summed E-state index contributed by atoms with van der Waals surface area (Å²) < 4.78 is 11.3. The smallest absolute Gasteiger partial charge is 0.264 e. The third-order valence-electron chi connectivity index (χ3n) is 3.45. The number of thioether (sulfide) groups is 1. The molecule has 2 N–H and O–H groups in total. The average Bonchev–Trinajstić information content (AvgIpc) is 2.90. The Morgan fingerprint density at radius 1 is 1.28 bits per heavy atom. The van der Waals surface area contributed by atoms with E-state index in [1.54, 1.807) is 25.3 Å². The predicted octanol–water partition coefficient (Wildman–Crippen LogP) is 4.07. The van der Waals surface area contributed by atoms with Crippen LogP contribution in [-0.2, 0) is 11.4 Å². The Bertz CT molecular complexity index is 867. The van der Waals surface area contributed by atoms with Gasteiger partial charge in [0.1, 0.15) is 6.61 Å². The van der Waals surface area contributed by atoms with Crippen molar-refractivity contribution >= 4 is 40.5 Å². The molecular formula is C18H15ClN2O3S. The fourth-order valence-corrected chi connectivity index (χ4v) is 3.23. The molecule has 2 aromatic rings. The molecule has 2 aromatic carbocycles. The molecule has 25 heavy (non-hydrogen) atoms.